The molecule has 0 spiro atoms. The van der Waals surface area contributed by atoms with Gasteiger partial charge in [-0.25, -0.2) is 9.37 Å². The highest BCUT2D eigenvalue weighted by molar-refractivity contribution is 6.00. The van der Waals surface area contributed by atoms with Gasteiger partial charge in [0, 0.05) is 28.3 Å². The number of benzene rings is 2. The van der Waals surface area contributed by atoms with Crippen molar-refractivity contribution in [2.24, 2.45) is 5.73 Å². The van der Waals surface area contributed by atoms with Gasteiger partial charge in [0.15, 0.2) is 0 Å². The van der Waals surface area contributed by atoms with Gasteiger partial charge in [-0.15, -0.1) is 0 Å². The predicted molar refractivity (Wildman–Crippen MR) is 152 cm³/mol. The molecule has 5 rings (SSSR count). The molecule has 0 radical (unpaired) electrons. The van der Waals surface area contributed by atoms with Crippen molar-refractivity contribution in [1.29, 1.82) is 0 Å². The second-order valence-electron chi connectivity index (χ2n) is 10.8. The summed E-state index contributed by atoms with van der Waals surface area (Å²) in [5.74, 6) is -3.02. The molecule has 248 valence electrons. The molecule has 4 aromatic rings. The summed E-state index contributed by atoms with van der Waals surface area (Å²) in [6.07, 6.45) is -9.71. The van der Waals surface area contributed by atoms with Crippen LogP contribution in [0.15, 0.2) is 54.7 Å². The molecule has 0 bridgehead atoms. The van der Waals surface area contributed by atoms with E-state index in [4.69, 9.17) is 15.2 Å². The van der Waals surface area contributed by atoms with Crippen LogP contribution in [0.2, 0.25) is 0 Å². The number of alkyl halides is 6. The van der Waals surface area contributed by atoms with Crippen LogP contribution in [0.4, 0.5) is 30.7 Å². The number of nitrogens with two attached hydrogens (primary N) is 1. The number of nitrogens with one attached hydrogen (secondary N) is 1. The van der Waals surface area contributed by atoms with Crippen LogP contribution in [0.3, 0.4) is 0 Å². The molecule has 1 aliphatic rings. The van der Waals surface area contributed by atoms with Gasteiger partial charge in [0.05, 0.1) is 24.9 Å². The standard InChI is InChI=1S/C31H25F7N4O5/c1-3-28(27(39)44)14-47-25-20(28)11-22(42-24(25)15-4-6-19(32)7-5-15)29(45,31(36,37)38)13-41-26(43)17-8-16-9-18(30(33,34)35)12-40-23(16)21(10-17)46-2/h4-12,45H,3,13-14H2,1-2H3,(H2,39,44)(H,41,43)/t28-,29?/m0/s1. The minimum atomic E-state index is -5.49. The molecule has 0 aliphatic carbocycles. The van der Waals surface area contributed by atoms with Crippen LogP contribution in [0.5, 0.6) is 11.5 Å². The molecule has 2 atom stereocenters. The van der Waals surface area contributed by atoms with Crippen LogP contribution in [-0.2, 0) is 22.0 Å². The van der Waals surface area contributed by atoms with Crippen molar-refractivity contribution in [1.82, 2.24) is 15.3 Å². The summed E-state index contributed by atoms with van der Waals surface area (Å²) < 4.78 is 109. The van der Waals surface area contributed by atoms with Gasteiger partial charge in [0.2, 0.25) is 11.5 Å². The third-order valence-electron chi connectivity index (χ3n) is 8.10. The average molecular weight is 667 g/mol. The number of carbonyl (C=O) groups excluding carboxylic acids is 2. The molecular formula is C31H25F7N4O5. The Kier molecular flexibility index (Phi) is 8.29. The lowest BCUT2D eigenvalue weighted by Gasteiger charge is -2.32. The number of aromatic nitrogens is 2. The monoisotopic (exact) mass is 666 g/mol. The van der Waals surface area contributed by atoms with Crippen molar-refractivity contribution < 1.29 is 54.9 Å². The highest BCUT2D eigenvalue weighted by Gasteiger charge is 2.58. The molecule has 0 fully saturated rings. The Morgan fingerprint density at radius 2 is 1.77 bits per heavy atom. The van der Waals surface area contributed by atoms with Gasteiger partial charge in [0.1, 0.15) is 40.5 Å². The molecule has 0 saturated carbocycles. The first-order valence-corrected chi connectivity index (χ1v) is 13.8. The number of aliphatic hydroxyl groups is 1. The van der Waals surface area contributed by atoms with Crippen LogP contribution in [0.1, 0.15) is 40.5 Å². The Morgan fingerprint density at radius 1 is 1.09 bits per heavy atom. The Bertz CT molecular complexity index is 1880. The van der Waals surface area contributed by atoms with E-state index in [-0.39, 0.29) is 52.3 Å². The summed E-state index contributed by atoms with van der Waals surface area (Å²) in [5, 5.41) is 13.0. The van der Waals surface area contributed by atoms with E-state index in [1.807, 2.05) is 5.32 Å². The summed E-state index contributed by atoms with van der Waals surface area (Å²) in [6, 6.07) is 8.02. The molecule has 0 saturated heterocycles. The van der Waals surface area contributed by atoms with E-state index >= 15 is 0 Å². The van der Waals surface area contributed by atoms with Crippen molar-refractivity contribution >= 4 is 22.7 Å². The SMILES string of the molecule is CC[C@]1(C(N)=O)COc2c1cc(C(O)(CNC(=O)c1cc(OC)c3ncc(C(F)(F)F)cc3c1)C(F)(F)F)nc2-c1ccc(F)cc1. The van der Waals surface area contributed by atoms with Gasteiger partial charge in [-0.05, 0) is 55.0 Å². The summed E-state index contributed by atoms with van der Waals surface area (Å²) >= 11 is 0. The molecule has 3 heterocycles. The zero-order chi connectivity index (χ0) is 34.5. The number of ether oxygens (including phenoxy) is 2. The number of hydrogen-bond acceptors (Lipinski definition) is 7. The molecule has 1 aliphatic heterocycles. The van der Waals surface area contributed by atoms with E-state index in [0.29, 0.717) is 12.3 Å². The van der Waals surface area contributed by atoms with Crippen LogP contribution < -0.4 is 20.5 Å². The zero-order valence-corrected chi connectivity index (χ0v) is 24.5. The van der Waals surface area contributed by atoms with Crippen LogP contribution in [-0.4, -0.2) is 53.3 Å². The zero-order valence-electron chi connectivity index (χ0n) is 24.5. The molecule has 9 nitrogen and oxygen atoms in total. The van der Waals surface area contributed by atoms with Crippen molar-refractivity contribution in [2.75, 3.05) is 20.3 Å². The molecule has 16 heteroatoms. The van der Waals surface area contributed by atoms with Gasteiger partial charge in [0.25, 0.3) is 5.91 Å². The van der Waals surface area contributed by atoms with E-state index < -0.39 is 64.4 Å². The average Bonchev–Trinajstić information content (AvgIpc) is 3.41. The molecule has 2 aromatic carbocycles. The maximum Gasteiger partial charge on any atom is 0.424 e. The van der Waals surface area contributed by atoms with E-state index in [0.717, 1.165) is 37.4 Å². The number of carbonyl (C=O) groups is 2. The quantitative estimate of drug-likeness (QED) is 0.221. The first kappa shape index (κ1) is 33.4. The van der Waals surface area contributed by atoms with Gasteiger partial charge < -0.3 is 25.6 Å². The minimum absolute atomic E-state index is 0.00245. The smallest absolute Gasteiger partial charge is 0.424 e. The number of rotatable bonds is 8. The fourth-order valence-corrected chi connectivity index (χ4v) is 5.30. The number of nitrogens with zero attached hydrogens (tertiary/aromatic N) is 2. The maximum atomic E-state index is 14.7. The minimum Gasteiger partial charge on any atom is -0.494 e. The van der Waals surface area contributed by atoms with E-state index in [9.17, 15) is 45.4 Å². The number of hydrogen-bond donors (Lipinski definition) is 3. The normalized spacial score (nSPS) is 17.5. The molecule has 1 unspecified atom stereocenters. The first-order valence-electron chi connectivity index (χ1n) is 13.8. The number of halogens is 7. The summed E-state index contributed by atoms with van der Waals surface area (Å²) in [7, 11) is 1.16. The lowest BCUT2D eigenvalue weighted by molar-refractivity contribution is -0.265. The third kappa shape index (κ3) is 5.77. The molecule has 47 heavy (non-hydrogen) atoms. The van der Waals surface area contributed by atoms with E-state index in [2.05, 4.69) is 9.97 Å². The van der Waals surface area contributed by atoms with Crippen molar-refractivity contribution in [2.45, 2.75) is 36.7 Å². The maximum absolute atomic E-state index is 14.7. The fourth-order valence-electron chi connectivity index (χ4n) is 5.30. The highest BCUT2D eigenvalue weighted by Crippen LogP contribution is 2.49. The molecule has 2 aromatic heterocycles. The number of pyridine rings is 2. The molecule has 2 amide bonds. The topological polar surface area (TPSA) is 137 Å². The number of amides is 2. The first-order chi connectivity index (χ1) is 21.9. The van der Waals surface area contributed by atoms with Gasteiger partial charge in [-0.3, -0.25) is 14.6 Å². The second kappa shape index (κ2) is 11.7. The van der Waals surface area contributed by atoms with Crippen molar-refractivity contribution in [3.8, 4) is 22.8 Å². The van der Waals surface area contributed by atoms with Gasteiger partial charge >= 0.3 is 12.4 Å². The summed E-state index contributed by atoms with van der Waals surface area (Å²) in [5.41, 5.74) is -2.73. The van der Waals surface area contributed by atoms with Crippen LogP contribution in [0.25, 0.3) is 22.2 Å². The van der Waals surface area contributed by atoms with Gasteiger partial charge in [-0.1, -0.05) is 6.92 Å². The summed E-state index contributed by atoms with van der Waals surface area (Å²) in [6.45, 7) is -0.312. The fraction of sp³-hybridized carbons (Fsp3) is 0.290. The highest BCUT2D eigenvalue weighted by atomic mass is 19.4. The third-order valence-corrected chi connectivity index (χ3v) is 8.10. The largest absolute Gasteiger partial charge is 0.494 e. The Labute approximate surface area is 261 Å². The lowest BCUT2D eigenvalue weighted by atomic mass is 9.78. The van der Waals surface area contributed by atoms with Crippen molar-refractivity contribution in [3.05, 3.63) is 82.9 Å². The van der Waals surface area contributed by atoms with Crippen LogP contribution >= 0.6 is 0 Å². The molecular weight excluding hydrogens is 641 g/mol. The number of fused-ring (bicyclic) bond motifs is 2. The Balaban J connectivity index is 1.60. The van der Waals surface area contributed by atoms with Crippen molar-refractivity contribution in [3.63, 3.8) is 0 Å². The summed E-state index contributed by atoms with van der Waals surface area (Å²) in [4.78, 5) is 33.6. The van der Waals surface area contributed by atoms with Gasteiger partial charge in [-0.2, -0.15) is 26.3 Å². The number of methoxy groups -OCH3 is 1. The lowest BCUT2D eigenvalue weighted by Crippen LogP contribution is -2.52. The van der Waals surface area contributed by atoms with E-state index in [1.54, 1.807) is 6.92 Å². The Hall–Kier alpha value is -4.99. The second-order valence-corrected chi connectivity index (χ2v) is 10.8. The Morgan fingerprint density at radius 3 is 2.34 bits per heavy atom. The van der Waals surface area contributed by atoms with E-state index in [1.165, 1.54) is 12.1 Å². The number of primary amides is 1. The van der Waals surface area contributed by atoms with Crippen LogP contribution in [0, 0.1) is 5.82 Å². The predicted octanol–water partition coefficient (Wildman–Crippen LogP) is 5.17. The molecule has 4 N–H and O–H groups in total.